The van der Waals surface area contributed by atoms with Gasteiger partial charge in [0.15, 0.2) is 0 Å². The first-order chi connectivity index (χ1) is 14.5. The van der Waals surface area contributed by atoms with Crippen molar-refractivity contribution in [3.63, 3.8) is 0 Å². The molecule has 11 heteroatoms. The molecule has 0 bridgehead atoms. The summed E-state index contributed by atoms with van der Waals surface area (Å²) < 4.78 is 25.8. The van der Waals surface area contributed by atoms with E-state index >= 15 is 0 Å². The number of anilines is 1. The molecule has 1 saturated heterocycles. The zero-order valence-electron chi connectivity index (χ0n) is 16.0. The molecule has 3 aromatic rings. The molecule has 0 unspecified atom stereocenters. The van der Waals surface area contributed by atoms with Crippen molar-refractivity contribution in [2.45, 2.75) is 25.5 Å². The fourth-order valence-electron chi connectivity index (χ4n) is 3.02. The van der Waals surface area contributed by atoms with E-state index in [9.17, 15) is 14.0 Å². The summed E-state index contributed by atoms with van der Waals surface area (Å²) in [6.45, 7) is 0.338. The van der Waals surface area contributed by atoms with E-state index in [1.807, 2.05) is 0 Å². The Morgan fingerprint density at radius 3 is 2.97 bits per heavy atom. The molecule has 1 amide bonds. The molecule has 30 heavy (non-hydrogen) atoms. The van der Waals surface area contributed by atoms with Crippen molar-refractivity contribution in [3.05, 3.63) is 51.5 Å². The highest BCUT2D eigenvalue weighted by Crippen LogP contribution is 2.31. The van der Waals surface area contributed by atoms with Crippen LogP contribution in [0, 0.1) is 5.82 Å². The van der Waals surface area contributed by atoms with Crippen molar-refractivity contribution in [2.24, 2.45) is 0 Å². The molecule has 1 aliphatic heterocycles. The van der Waals surface area contributed by atoms with Crippen molar-refractivity contribution < 1.29 is 18.7 Å². The van der Waals surface area contributed by atoms with Gasteiger partial charge >= 0.3 is 0 Å². The van der Waals surface area contributed by atoms with E-state index in [1.165, 1.54) is 42.7 Å². The number of amides is 1. The predicted molar refractivity (Wildman–Crippen MR) is 107 cm³/mol. The first-order valence-electron chi connectivity index (χ1n) is 9.20. The summed E-state index contributed by atoms with van der Waals surface area (Å²) in [4.78, 5) is 24.5. The Balaban J connectivity index is 1.48. The molecule has 1 aromatic carbocycles. The summed E-state index contributed by atoms with van der Waals surface area (Å²) in [6.07, 6.45) is 1.75. The van der Waals surface area contributed by atoms with Crippen molar-refractivity contribution in [3.8, 4) is 17.0 Å². The number of halogens is 1. The van der Waals surface area contributed by atoms with Gasteiger partial charge in [-0.15, -0.1) is 10.2 Å². The first-order valence-corrected chi connectivity index (χ1v) is 10.0. The molecule has 3 heterocycles. The zero-order valence-corrected chi connectivity index (χ0v) is 16.8. The highest BCUT2D eigenvalue weighted by molar-refractivity contribution is 7.15. The average molecular weight is 431 g/mol. The number of carbonyl (C=O) groups is 1. The van der Waals surface area contributed by atoms with E-state index in [2.05, 4.69) is 20.6 Å². The van der Waals surface area contributed by atoms with Crippen molar-refractivity contribution in [1.29, 1.82) is 0 Å². The number of hydrogen-bond donors (Lipinski definition) is 1. The van der Waals surface area contributed by atoms with E-state index in [1.54, 1.807) is 6.07 Å². The number of methoxy groups -OCH3 is 1. The Hall–Kier alpha value is -3.18. The van der Waals surface area contributed by atoms with E-state index in [-0.39, 0.29) is 23.9 Å². The van der Waals surface area contributed by atoms with E-state index in [4.69, 9.17) is 9.47 Å². The molecule has 4 rings (SSSR count). The lowest BCUT2D eigenvalue weighted by molar-refractivity contribution is -0.117. The molecule has 0 saturated carbocycles. The Morgan fingerprint density at radius 1 is 1.37 bits per heavy atom. The van der Waals surface area contributed by atoms with Gasteiger partial charge in [-0.3, -0.25) is 14.9 Å². The van der Waals surface area contributed by atoms with Crippen LogP contribution in [0.15, 0.2) is 35.1 Å². The molecule has 0 radical (unpaired) electrons. The van der Waals surface area contributed by atoms with Crippen molar-refractivity contribution >= 4 is 22.4 Å². The highest BCUT2D eigenvalue weighted by Gasteiger charge is 2.22. The van der Waals surface area contributed by atoms with Gasteiger partial charge < -0.3 is 9.47 Å². The zero-order chi connectivity index (χ0) is 21.1. The minimum Gasteiger partial charge on any atom is -0.497 e. The third-order valence-corrected chi connectivity index (χ3v) is 5.44. The largest absolute Gasteiger partial charge is 0.497 e. The third kappa shape index (κ3) is 4.36. The lowest BCUT2D eigenvalue weighted by atomic mass is 10.1. The molecular formula is C19H18FN5O4S. The molecule has 1 atom stereocenters. The van der Waals surface area contributed by atoms with Gasteiger partial charge in [0.2, 0.25) is 11.0 Å². The maximum absolute atomic E-state index is 14.3. The number of nitrogens with one attached hydrogen (secondary N) is 1. The Morgan fingerprint density at radius 2 is 2.23 bits per heavy atom. The fraction of sp³-hybridized carbons (Fsp3) is 0.316. The number of hydrogen-bond acceptors (Lipinski definition) is 8. The van der Waals surface area contributed by atoms with Gasteiger partial charge in [-0.2, -0.15) is 5.10 Å². The number of nitrogens with zero attached hydrogens (tertiary/aromatic N) is 4. The van der Waals surface area contributed by atoms with Gasteiger partial charge in [0.05, 0.1) is 12.8 Å². The van der Waals surface area contributed by atoms with Crippen LogP contribution in [0.4, 0.5) is 9.52 Å². The van der Waals surface area contributed by atoms with E-state index in [0.29, 0.717) is 22.5 Å². The topological polar surface area (TPSA) is 108 Å². The Labute approximate surface area is 174 Å². The minimum absolute atomic E-state index is 0.0893. The molecule has 9 nitrogen and oxygen atoms in total. The Kier molecular flexibility index (Phi) is 5.81. The van der Waals surface area contributed by atoms with Crippen LogP contribution in [-0.4, -0.2) is 39.6 Å². The molecule has 156 valence electrons. The number of ether oxygens (including phenoxy) is 2. The van der Waals surface area contributed by atoms with Gasteiger partial charge in [-0.25, -0.2) is 9.07 Å². The summed E-state index contributed by atoms with van der Waals surface area (Å²) in [7, 11) is 1.44. The monoisotopic (exact) mass is 431 g/mol. The maximum atomic E-state index is 14.3. The second kappa shape index (κ2) is 8.67. The summed E-state index contributed by atoms with van der Waals surface area (Å²) in [5, 5.41) is 15.7. The predicted octanol–water partition coefficient (Wildman–Crippen LogP) is 2.40. The van der Waals surface area contributed by atoms with Gasteiger partial charge in [-0.1, -0.05) is 11.3 Å². The number of aromatic nitrogens is 4. The van der Waals surface area contributed by atoms with Crippen LogP contribution in [0.25, 0.3) is 11.3 Å². The highest BCUT2D eigenvalue weighted by atomic mass is 32.1. The standard InChI is InChI=1S/C19H18FN5O4S/c1-28-11-4-5-12(13(20)9-11)14-6-7-17(27)25(24-14)10-16(26)21-19-23-22-18(30-19)15-3-2-8-29-15/h4-7,9,15H,2-3,8,10H2,1H3,(H,21,23,26)/t15-/m1/s1. The Bertz CT molecular complexity index is 1130. The van der Waals surface area contributed by atoms with E-state index in [0.717, 1.165) is 17.5 Å². The van der Waals surface area contributed by atoms with Crippen molar-refractivity contribution in [1.82, 2.24) is 20.0 Å². The summed E-state index contributed by atoms with van der Waals surface area (Å²) in [6, 6.07) is 6.95. The molecule has 0 aliphatic carbocycles. The van der Waals surface area contributed by atoms with Crippen molar-refractivity contribution in [2.75, 3.05) is 19.0 Å². The molecular weight excluding hydrogens is 413 g/mol. The SMILES string of the molecule is COc1ccc(-c2ccc(=O)n(CC(=O)Nc3nnc([C@H]4CCCO4)s3)n2)c(F)c1. The second-order valence-corrected chi connectivity index (χ2v) is 7.56. The van der Waals surface area contributed by atoms with Gasteiger partial charge in [-0.05, 0) is 31.0 Å². The molecule has 1 N–H and O–H groups in total. The lowest BCUT2D eigenvalue weighted by Crippen LogP contribution is -2.29. The van der Waals surface area contributed by atoms with Crippen LogP contribution in [0.2, 0.25) is 0 Å². The minimum atomic E-state index is -0.549. The van der Waals surface area contributed by atoms with Gasteiger partial charge in [0.1, 0.15) is 29.2 Å². The molecule has 0 spiro atoms. The second-order valence-electron chi connectivity index (χ2n) is 6.56. The molecule has 2 aromatic heterocycles. The van der Waals surface area contributed by atoms with Gasteiger partial charge in [0, 0.05) is 24.3 Å². The molecule has 1 fully saturated rings. The summed E-state index contributed by atoms with van der Waals surface area (Å²) in [5.41, 5.74) is -0.0745. The first kappa shape index (κ1) is 20.1. The third-order valence-electron chi connectivity index (χ3n) is 4.50. The smallest absolute Gasteiger partial charge is 0.267 e. The van der Waals surface area contributed by atoms with Crippen LogP contribution in [0.5, 0.6) is 5.75 Å². The normalized spacial score (nSPS) is 15.9. The van der Waals surface area contributed by atoms with Crippen LogP contribution in [0.3, 0.4) is 0 Å². The van der Waals surface area contributed by atoms with Gasteiger partial charge in [0.25, 0.3) is 5.56 Å². The molecule has 1 aliphatic rings. The number of carbonyl (C=O) groups excluding carboxylic acids is 1. The average Bonchev–Trinajstić information content (AvgIpc) is 3.41. The van der Waals surface area contributed by atoms with E-state index < -0.39 is 17.3 Å². The summed E-state index contributed by atoms with van der Waals surface area (Å²) in [5.74, 6) is -0.678. The summed E-state index contributed by atoms with van der Waals surface area (Å²) >= 11 is 1.23. The number of rotatable bonds is 6. The fourth-order valence-corrected chi connectivity index (χ4v) is 3.86. The lowest BCUT2D eigenvalue weighted by Gasteiger charge is -2.08. The van der Waals surface area contributed by atoms with Crippen LogP contribution in [-0.2, 0) is 16.1 Å². The maximum Gasteiger partial charge on any atom is 0.267 e. The number of benzene rings is 1. The van der Waals surface area contributed by atoms with Crippen LogP contribution < -0.4 is 15.6 Å². The van der Waals surface area contributed by atoms with Crippen LogP contribution in [0.1, 0.15) is 24.0 Å². The quantitative estimate of drug-likeness (QED) is 0.638. The van der Waals surface area contributed by atoms with Crippen LogP contribution >= 0.6 is 11.3 Å².